The van der Waals surface area contributed by atoms with E-state index in [9.17, 15) is 0 Å². The summed E-state index contributed by atoms with van der Waals surface area (Å²) in [6.07, 6.45) is 0. The molecular weight excluding hydrogens is 330 g/mol. The summed E-state index contributed by atoms with van der Waals surface area (Å²) in [5, 5.41) is 8.44. The number of halogens is 1. The second-order valence-corrected chi connectivity index (χ2v) is 7.03. The monoisotopic (exact) mass is 345 g/mol. The van der Waals surface area contributed by atoms with Crippen molar-refractivity contribution in [3.05, 3.63) is 68.8 Å². The molecule has 0 spiro atoms. The molecule has 0 saturated carbocycles. The number of hydrogen-bond donors (Lipinski definition) is 1. The van der Waals surface area contributed by atoms with Crippen molar-refractivity contribution >= 4 is 38.0 Å². The zero-order chi connectivity index (χ0) is 13.9. The molecule has 1 heterocycles. The molecular formula is C17H16BrNS. The summed E-state index contributed by atoms with van der Waals surface area (Å²) in [6.45, 7) is 3.10. The summed E-state index contributed by atoms with van der Waals surface area (Å²) >= 11 is 5.30. The van der Waals surface area contributed by atoms with E-state index >= 15 is 0 Å². The molecule has 0 aliphatic heterocycles. The zero-order valence-corrected chi connectivity index (χ0v) is 13.7. The highest BCUT2D eigenvalue weighted by Crippen LogP contribution is 2.32. The first-order valence-electron chi connectivity index (χ1n) is 6.74. The van der Waals surface area contributed by atoms with Crippen LogP contribution >= 0.6 is 27.3 Å². The number of hydrogen-bond acceptors (Lipinski definition) is 2. The number of thiophene rings is 1. The molecule has 3 rings (SSSR count). The predicted octanol–water partition coefficient (Wildman–Crippen LogP) is 5.36. The Morgan fingerprint density at radius 2 is 1.95 bits per heavy atom. The summed E-state index contributed by atoms with van der Waals surface area (Å²) in [5.41, 5.74) is 2.66. The van der Waals surface area contributed by atoms with E-state index in [-0.39, 0.29) is 6.04 Å². The standard InChI is InChI=1S/C17H16BrNS/c1-2-19-17(13-10-16(18)20-11-13)15-9-5-7-12-6-3-4-8-14(12)15/h3-11,17,19H,2H2,1H3. The third-order valence-corrected chi connectivity index (χ3v) is 4.99. The van der Waals surface area contributed by atoms with E-state index in [1.165, 1.54) is 25.7 Å². The van der Waals surface area contributed by atoms with Crippen LogP contribution in [0.5, 0.6) is 0 Å². The van der Waals surface area contributed by atoms with Crippen molar-refractivity contribution in [1.82, 2.24) is 5.32 Å². The molecule has 20 heavy (non-hydrogen) atoms. The lowest BCUT2D eigenvalue weighted by Gasteiger charge is -2.19. The van der Waals surface area contributed by atoms with Gasteiger partial charge < -0.3 is 5.32 Å². The zero-order valence-electron chi connectivity index (χ0n) is 11.3. The van der Waals surface area contributed by atoms with Gasteiger partial charge in [-0.15, -0.1) is 11.3 Å². The van der Waals surface area contributed by atoms with Crippen LogP contribution in [0, 0.1) is 0 Å². The van der Waals surface area contributed by atoms with Gasteiger partial charge in [-0.25, -0.2) is 0 Å². The average Bonchev–Trinajstić information content (AvgIpc) is 2.91. The lowest BCUT2D eigenvalue weighted by molar-refractivity contribution is 0.636. The van der Waals surface area contributed by atoms with Crippen molar-refractivity contribution in [1.29, 1.82) is 0 Å². The van der Waals surface area contributed by atoms with Crippen molar-refractivity contribution in [3.63, 3.8) is 0 Å². The fourth-order valence-corrected chi connectivity index (χ4v) is 3.79. The molecule has 0 radical (unpaired) electrons. The molecule has 0 bridgehead atoms. The molecule has 0 aliphatic carbocycles. The van der Waals surface area contributed by atoms with E-state index in [2.05, 4.69) is 82.1 Å². The van der Waals surface area contributed by atoms with Gasteiger partial charge in [-0.2, -0.15) is 0 Å². The highest BCUT2D eigenvalue weighted by atomic mass is 79.9. The van der Waals surface area contributed by atoms with E-state index in [0.717, 1.165) is 6.54 Å². The first-order chi connectivity index (χ1) is 9.79. The minimum absolute atomic E-state index is 0.244. The summed E-state index contributed by atoms with van der Waals surface area (Å²) in [4.78, 5) is 0. The van der Waals surface area contributed by atoms with Gasteiger partial charge in [-0.1, -0.05) is 49.4 Å². The quantitative estimate of drug-likeness (QED) is 0.670. The van der Waals surface area contributed by atoms with Gasteiger partial charge in [0.2, 0.25) is 0 Å². The van der Waals surface area contributed by atoms with Crippen molar-refractivity contribution < 1.29 is 0 Å². The minimum Gasteiger partial charge on any atom is -0.306 e. The number of nitrogens with one attached hydrogen (secondary N) is 1. The molecule has 1 atom stereocenters. The van der Waals surface area contributed by atoms with Crippen LogP contribution in [0.3, 0.4) is 0 Å². The Morgan fingerprint density at radius 3 is 2.70 bits per heavy atom. The number of fused-ring (bicyclic) bond motifs is 1. The maximum absolute atomic E-state index is 3.61. The maximum Gasteiger partial charge on any atom is 0.0701 e. The van der Waals surface area contributed by atoms with E-state index in [0.29, 0.717) is 0 Å². The highest BCUT2D eigenvalue weighted by molar-refractivity contribution is 9.11. The Kier molecular flexibility index (Phi) is 4.20. The van der Waals surface area contributed by atoms with Crippen LogP contribution in [0.2, 0.25) is 0 Å². The van der Waals surface area contributed by atoms with Crippen molar-refractivity contribution in [3.8, 4) is 0 Å². The molecule has 102 valence electrons. The van der Waals surface area contributed by atoms with Crippen LogP contribution in [0.25, 0.3) is 10.8 Å². The smallest absolute Gasteiger partial charge is 0.0701 e. The van der Waals surface area contributed by atoms with Gasteiger partial charge in [0.25, 0.3) is 0 Å². The van der Waals surface area contributed by atoms with E-state index in [1.807, 2.05) is 0 Å². The lowest BCUT2D eigenvalue weighted by atomic mass is 9.95. The molecule has 1 nitrogen and oxygen atoms in total. The summed E-state index contributed by atoms with van der Waals surface area (Å²) < 4.78 is 1.18. The summed E-state index contributed by atoms with van der Waals surface area (Å²) in [5.74, 6) is 0. The predicted molar refractivity (Wildman–Crippen MR) is 91.5 cm³/mol. The molecule has 0 fully saturated rings. The Hall–Kier alpha value is -1.16. The molecule has 0 amide bonds. The molecule has 1 unspecified atom stereocenters. The number of rotatable bonds is 4. The Bertz CT molecular complexity index is 714. The second kappa shape index (κ2) is 6.08. The van der Waals surface area contributed by atoms with Gasteiger partial charge in [0.1, 0.15) is 0 Å². The molecule has 3 aromatic rings. The molecule has 3 heteroatoms. The normalized spacial score (nSPS) is 12.7. The van der Waals surface area contributed by atoms with E-state index in [1.54, 1.807) is 11.3 Å². The van der Waals surface area contributed by atoms with Crippen LogP contribution in [0.15, 0.2) is 57.7 Å². The van der Waals surface area contributed by atoms with Crippen molar-refractivity contribution in [2.45, 2.75) is 13.0 Å². The number of benzene rings is 2. The molecule has 1 aromatic heterocycles. The van der Waals surface area contributed by atoms with Crippen LogP contribution in [0.4, 0.5) is 0 Å². The largest absolute Gasteiger partial charge is 0.306 e. The molecule has 2 aromatic carbocycles. The van der Waals surface area contributed by atoms with Gasteiger partial charge >= 0.3 is 0 Å². The maximum atomic E-state index is 3.61. The fourth-order valence-electron chi connectivity index (χ4n) is 2.59. The SMILES string of the molecule is CCNC(c1csc(Br)c1)c1cccc2ccccc12. The van der Waals surface area contributed by atoms with Gasteiger partial charge in [0, 0.05) is 0 Å². The summed E-state index contributed by atoms with van der Waals surface area (Å²) in [6, 6.07) is 17.6. The van der Waals surface area contributed by atoms with E-state index < -0.39 is 0 Å². The Morgan fingerprint density at radius 1 is 1.15 bits per heavy atom. The third kappa shape index (κ3) is 2.66. The lowest BCUT2D eigenvalue weighted by Crippen LogP contribution is -2.21. The molecule has 1 N–H and O–H groups in total. The minimum atomic E-state index is 0.244. The Labute approximate surface area is 131 Å². The van der Waals surface area contributed by atoms with Crippen molar-refractivity contribution in [2.24, 2.45) is 0 Å². The molecule has 0 aliphatic rings. The second-order valence-electron chi connectivity index (χ2n) is 4.74. The van der Waals surface area contributed by atoms with Gasteiger partial charge in [-0.3, -0.25) is 0 Å². The van der Waals surface area contributed by atoms with Gasteiger partial charge in [0.15, 0.2) is 0 Å². The van der Waals surface area contributed by atoms with Crippen LogP contribution in [-0.4, -0.2) is 6.54 Å². The highest BCUT2D eigenvalue weighted by Gasteiger charge is 2.16. The fraction of sp³-hybridized carbons (Fsp3) is 0.176. The average molecular weight is 346 g/mol. The van der Waals surface area contributed by atoms with Gasteiger partial charge in [0.05, 0.1) is 9.83 Å². The van der Waals surface area contributed by atoms with Crippen LogP contribution < -0.4 is 5.32 Å². The third-order valence-electron chi connectivity index (χ3n) is 3.46. The first kappa shape index (κ1) is 13.8. The van der Waals surface area contributed by atoms with E-state index in [4.69, 9.17) is 0 Å². The van der Waals surface area contributed by atoms with Crippen LogP contribution in [-0.2, 0) is 0 Å². The Balaban J connectivity index is 2.14. The summed E-state index contributed by atoms with van der Waals surface area (Å²) in [7, 11) is 0. The topological polar surface area (TPSA) is 12.0 Å². The molecule has 0 saturated heterocycles. The van der Waals surface area contributed by atoms with Gasteiger partial charge in [-0.05, 0) is 55.8 Å². The first-order valence-corrected chi connectivity index (χ1v) is 8.42. The van der Waals surface area contributed by atoms with Crippen molar-refractivity contribution in [2.75, 3.05) is 6.54 Å². The van der Waals surface area contributed by atoms with Crippen LogP contribution in [0.1, 0.15) is 24.1 Å².